The Hall–Kier alpha value is -0.920. The van der Waals surface area contributed by atoms with Crippen LogP contribution >= 0.6 is 11.3 Å². The molecule has 0 radical (unpaired) electrons. The topological polar surface area (TPSA) is 66.5 Å². The summed E-state index contributed by atoms with van der Waals surface area (Å²) >= 11 is 1.14. The van der Waals surface area contributed by atoms with Gasteiger partial charge in [0.25, 0.3) is 10.0 Å². The van der Waals surface area contributed by atoms with Crippen molar-refractivity contribution in [2.24, 2.45) is 5.92 Å². The second-order valence-electron chi connectivity index (χ2n) is 4.79. The number of likely N-dealkylation sites (N-methyl/N-ethyl adjacent to an activating group) is 1. The zero-order valence-electron chi connectivity index (χ0n) is 11.6. The number of carbonyl (C=O) groups is 1. The van der Waals surface area contributed by atoms with Crippen LogP contribution in [-0.2, 0) is 14.8 Å². The lowest BCUT2D eigenvalue weighted by Gasteiger charge is -2.20. The molecule has 1 amide bonds. The Balaban J connectivity index is 2.65. The van der Waals surface area contributed by atoms with Crippen molar-refractivity contribution in [1.82, 2.24) is 9.62 Å². The second kappa shape index (κ2) is 6.49. The second-order valence-corrected chi connectivity index (χ2v) is 8.01. The maximum Gasteiger partial charge on any atom is 0.252 e. The number of rotatable bonds is 6. The van der Waals surface area contributed by atoms with Crippen molar-refractivity contribution in [3.63, 3.8) is 0 Å². The van der Waals surface area contributed by atoms with Gasteiger partial charge in [0.2, 0.25) is 5.91 Å². The van der Waals surface area contributed by atoms with Crippen molar-refractivity contribution in [1.29, 1.82) is 0 Å². The summed E-state index contributed by atoms with van der Waals surface area (Å²) in [7, 11) is -2.14. The van der Waals surface area contributed by atoms with Crippen LogP contribution < -0.4 is 5.32 Å². The van der Waals surface area contributed by atoms with Gasteiger partial charge in [-0.2, -0.15) is 4.31 Å². The summed E-state index contributed by atoms with van der Waals surface area (Å²) in [5, 5.41) is 4.48. The lowest BCUT2D eigenvalue weighted by molar-refractivity contribution is -0.122. The van der Waals surface area contributed by atoms with E-state index in [0.717, 1.165) is 15.6 Å². The van der Waals surface area contributed by atoms with Gasteiger partial charge in [-0.15, -0.1) is 11.3 Å². The van der Waals surface area contributed by atoms with E-state index < -0.39 is 10.0 Å². The van der Waals surface area contributed by atoms with Crippen LogP contribution in [0.5, 0.6) is 0 Å². The minimum atomic E-state index is -3.56. The zero-order valence-corrected chi connectivity index (χ0v) is 13.2. The third-order valence-corrected chi connectivity index (χ3v) is 6.09. The SMILES string of the molecule is CC(C)C(C)NC(=O)CN(C)S(=O)(=O)c1cccs1. The van der Waals surface area contributed by atoms with E-state index in [1.165, 1.54) is 13.1 Å². The minimum absolute atomic E-state index is 0.0188. The fourth-order valence-corrected chi connectivity index (χ4v) is 3.65. The maximum absolute atomic E-state index is 12.1. The van der Waals surface area contributed by atoms with Gasteiger partial charge in [0.1, 0.15) is 4.21 Å². The van der Waals surface area contributed by atoms with Crippen molar-refractivity contribution >= 4 is 27.3 Å². The summed E-state index contributed by atoms with van der Waals surface area (Å²) in [4.78, 5) is 11.8. The monoisotopic (exact) mass is 304 g/mol. The van der Waals surface area contributed by atoms with Gasteiger partial charge in [0.05, 0.1) is 6.54 Å². The van der Waals surface area contributed by atoms with E-state index in [9.17, 15) is 13.2 Å². The van der Waals surface area contributed by atoms with Crippen molar-refractivity contribution < 1.29 is 13.2 Å². The Morgan fingerprint density at radius 3 is 2.53 bits per heavy atom. The van der Waals surface area contributed by atoms with Gasteiger partial charge < -0.3 is 5.32 Å². The number of sulfonamides is 1. The fraction of sp³-hybridized carbons (Fsp3) is 0.583. The number of nitrogens with one attached hydrogen (secondary N) is 1. The molecule has 19 heavy (non-hydrogen) atoms. The van der Waals surface area contributed by atoms with Gasteiger partial charge in [0, 0.05) is 13.1 Å². The van der Waals surface area contributed by atoms with E-state index >= 15 is 0 Å². The Morgan fingerprint density at radius 2 is 2.05 bits per heavy atom. The van der Waals surface area contributed by atoms with Crippen LogP contribution in [0.2, 0.25) is 0 Å². The Labute approximate surface area is 118 Å². The molecule has 1 rings (SSSR count). The van der Waals surface area contributed by atoms with E-state index in [4.69, 9.17) is 0 Å². The Morgan fingerprint density at radius 1 is 1.42 bits per heavy atom. The highest BCUT2D eigenvalue weighted by Gasteiger charge is 2.24. The van der Waals surface area contributed by atoms with Gasteiger partial charge in [-0.25, -0.2) is 8.42 Å². The molecule has 1 unspecified atom stereocenters. The summed E-state index contributed by atoms with van der Waals surface area (Å²) < 4.78 is 25.5. The van der Waals surface area contributed by atoms with Crippen LogP contribution in [-0.4, -0.2) is 38.3 Å². The van der Waals surface area contributed by atoms with Crippen molar-refractivity contribution in [2.75, 3.05) is 13.6 Å². The third-order valence-electron chi connectivity index (χ3n) is 2.91. The molecule has 0 aromatic carbocycles. The smallest absolute Gasteiger partial charge is 0.252 e. The predicted octanol–water partition coefficient (Wildman–Crippen LogP) is 1.53. The molecule has 7 heteroatoms. The molecule has 0 aliphatic rings. The van der Waals surface area contributed by atoms with Crippen LogP contribution in [0.3, 0.4) is 0 Å². The molecule has 1 aromatic heterocycles. The highest BCUT2D eigenvalue weighted by Crippen LogP contribution is 2.19. The molecule has 1 heterocycles. The fourth-order valence-electron chi connectivity index (χ4n) is 1.32. The van der Waals surface area contributed by atoms with Gasteiger partial charge in [0.15, 0.2) is 0 Å². The van der Waals surface area contributed by atoms with Crippen molar-refractivity contribution in [3.8, 4) is 0 Å². The minimum Gasteiger partial charge on any atom is -0.352 e. The molecule has 1 N–H and O–H groups in total. The lowest BCUT2D eigenvalue weighted by Crippen LogP contribution is -2.43. The molecular weight excluding hydrogens is 284 g/mol. The van der Waals surface area contributed by atoms with Crippen LogP contribution in [0.4, 0.5) is 0 Å². The van der Waals surface area contributed by atoms with E-state index in [1.807, 2.05) is 20.8 Å². The molecule has 5 nitrogen and oxygen atoms in total. The number of amides is 1. The molecule has 0 saturated heterocycles. The third kappa shape index (κ3) is 4.29. The van der Waals surface area contributed by atoms with Crippen LogP contribution in [0.15, 0.2) is 21.7 Å². The molecule has 0 saturated carbocycles. The summed E-state index contributed by atoms with van der Waals surface area (Å²) in [6, 6.07) is 3.22. The summed E-state index contributed by atoms with van der Waals surface area (Å²) in [6.07, 6.45) is 0. The number of thiophene rings is 1. The highest BCUT2D eigenvalue weighted by molar-refractivity contribution is 7.91. The molecule has 0 aliphatic carbocycles. The number of hydrogen-bond acceptors (Lipinski definition) is 4. The zero-order chi connectivity index (χ0) is 14.6. The van der Waals surface area contributed by atoms with Crippen LogP contribution in [0, 0.1) is 5.92 Å². The molecule has 0 fully saturated rings. The number of nitrogens with zero attached hydrogens (tertiary/aromatic N) is 1. The van der Waals surface area contributed by atoms with Gasteiger partial charge in [-0.1, -0.05) is 19.9 Å². The first kappa shape index (κ1) is 16.1. The van der Waals surface area contributed by atoms with Crippen LogP contribution in [0.25, 0.3) is 0 Å². The molecule has 1 aromatic rings. The molecular formula is C12H20N2O3S2. The summed E-state index contributed by atoms with van der Waals surface area (Å²) in [5.41, 5.74) is 0. The maximum atomic E-state index is 12.1. The Kier molecular flexibility index (Phi) is 5.51. The standard InChI is InChI=1S/C12H20N2O3S2/c1-9(2)10(3)13-11(15)8-14(4)19(16,17)12-6-5-7-18-12/h5-7,9-10H,8H2,1-4H3,(H,13,15). The molecule has 108 valence electrons. The average molecular weight is 304 g/mol. The summed E-state index contributed by atoms with van der Waals surface area (Å²) in [5.74, 6) is 0.0204. The Bertz CT molecular complexity index is 509. The van der Waals surface area contributed by atoms with E-state index in [0.29, 0.717) is 5.92 Å². The number of carbonyl (C=O) groups excluding carboxylic acids is 1. The first-order valence-electron chi connectivity index (χ1n) is 6.04. The molecule has 0 bridgehead atoms. The van der Waals surface area contributed by atoms with Crippen molar-refractivity contribution in [3.05, 3.63) is 17.5 Å². The highest BCUT2D eigenvalue weighted by atomic mass is 32.2. The van der Waals surface area contributed by atoms with E-state index in [1.54, 1.807) is 11.4 Å². The van der Waals surface area contributed by atoms with E-state index in [-0.39, 0.29) is 22.7 Å². The van der Waals surface area contributed by atoms with Gasteiger partial charge in [-0.05, 0) is 24.3 Å². The van der Waals surface area contributed by atoms with E-state index in [2.05, 4.69) is 5.32 Å². The quantitative estimate of drug-likeness (QED) is 0.866. The first-order chi connectivity index (χ1) is 8.75. The lowest BCUT2D eigenvalue weighted by atomic mass is 10.1. The largest absolute Gasteiger partial charge is 0.352 e. The van der Waals surface area contributed by atoms with Gasteiger partial charge in [-0.3, -0.25) is 4.79 Å². The number of hydrogen-bond donors (Lipinski definition) is 1. The summed E-state index contributed by atoms with van der Waals surface area (Å²) in [6.45, 7) is 5.72. The molecule has 1 atom stereocenters. The van der Waals surface area contributed by atoms with Crippen LogP contribution in [0.1, 0.15) is 20.8 Å². The normalized spacial score (nSPS) is 13.8. The average Bonchev–Trinajstić information content (AvgIpc) is 2.82. The predicted molar refractivity (Wildman–Crippen MR) is 76.6 cm³/mol. The molecule has 0 spiro atoms. The van der Waals surface area contributed by atoms with Gasteiger partial charge >= 0.3 is 0 Å². The van der Waals surface area contributed by atoms with Crippen molar-refractivity contribution in [2.45, 2.75) is 31.0 Å². The molecule has 0 aliphatic heterocycles. The first-order valence-corrected chi connectivity index (χ1v) is 8.36.